The predicted molar refractivity (Wildman–Crippen MR) is 227 cm³/mol. The number of nitrogens with one attached hydrogen (secondary N) is 4. The van der Waals surface area contributed by atoms with E-state index in [0.29, 0.717) is 11.1 Å². The highest BCUT2D eigenvalue weighted by Gasteiger charge is 2.49. The fraction of sp³-hybridized carbons (Fsp3) is 0.500. The lowest BCUT2D eigenvalue weighted by atomic mass is 9.85. The van der Waals surface area contributed by atoms with E-state index in [9.17, 15) is 44.4 Å². The Kier molecular flexibility index (Phi) is 17.5. The molecule has 4 amide bonds. The predicted octanol–water partition coefficient (Wildman–Crippen LogP) is 2.13. The minimum Gasteiger partial charge on any atom is -0.479 e. The highest BCUT2D eigenvalue weighted by atomic mass is 16.7. The van der Waals surface area contributed by atoms with Crippen molar-refractivity contribution in [1.82, 2.24) is 31.4 Å². The molecule has 4 rings (SSSR count). The number of pyridine rings is 1. The molecule has 19 heteroatoms. The number of aliphatic hydroxyl groups excluding tert-OH is 3. The van der Waals surface area contributed by atoms with E-state index in [0.717, 1.165) is 25.5 Å². The van der Waals surface area contributed by atoms with Gasteiger partial charge in [0.25, 0.3) is 5.91 Å². The Morgan fingerprint density at radius 3 is 1.83 bits per heavy atom. The van der Waals surface area contributed by atoms with Gasteiger partial charge in [0, 0.05) is 24.8 Å². The van der Waals surface area contributed by atoms with Crippen LogP contribution in [0.2, 0.25) is 0 Å². The van der Waals surface area contributed by atoms with Gasteiger partial charge in [-0.25, -0.2) is 19.4 Å². The van der Waals surface area contributed by atoms with Crippen LogP contribution in [0.15, 0.2) is 79.0 Å². The molecule has 19 nitrogen and oxygen atoms in total. The number of hydrogen-bond donors (Lipinski definition) is 8. The van der Waals surface area contributed by atoms with Gasteiger partial charge in [0.05, 0.1) is 32.1 Å². The largest absolute Gasteiger partial charge is 0.479 e. The molecule has 344 valence electrons. The van der Waals surface area contributed by atoms with Crippen molar-refractivity contribution >= 4 is 30.0 Å². The Hall–Kier alpha value is -5.70. The summed E-state index contributed by atoms with van der Waals surface area (Å²) >= 11 is 0. The first-order valence-electron chi connectivity index (χ1n) is 20.3. The molecule has 1 aliphatic rings. The molecule has 0 aliphatic carbocycles. The SMILES string of the molecule is COC(=O)N[C@H](C(=O)N[C@@H](Cc1ccccc1)C(CN(Cc1ccc(-c2ccccn2)cc1)NC(=O)[C@@H](NC(=O)OC)C(C)(C)C)O[C@@H]1O[C@H](C(=O)O)[C@@H](O)[C@H](O)[C@H]1O)C(C)(C)C. The van der Waals surface area contributed by atoms with Gasteiger partial charge in [0.2, 0.25) is 5.91 Å². The molecule has 1 saturated heterocycles. The molecule has 0 spiro atoms. The van der Waals surface area contributed by atoms with E-state index in [1.807, 2.05) is 36.4 Å². The van der Waals surface area contributed by atoms with Crippen molar-refractivity contribution in [3.8, 4) is 11.3 Å². The number of ether oxygens (including phenoxy) is 4. The number of aliphatic carboxylic acids is 1. The molecular formula is C44H60N6O13. The van der Waals surface area contributed by atoms with E-state index >= 15 is 0 Å². The van der Waals surface area contributed by atoms with Crippen LogP contribution in [-0.4, -0.2) is 136 Å². The van der Waals surface area contributed by atoms with Crippen LogP contribution in [0, 0.1) is 10.8 Å². The molecule has 8 N–H and O–H groups in total. The fourth-order valence-corrected chi connectivity index (χ4v) is 6.84. The third-order valence-electron chi connectivity index (χ3n) is 10.3. The van der Waals surface area contributed by atoms with Gasteiger partial charge in [-0.05, 0) is 40.5 Å². The Morgan fingerprint density at radius 1 is 0.730 bits per heavy atom. The summed E-state index contributed by atoms with van der Waals surface area (Å²) in [5.41, 5.74) is 4.03. The van der Waals surface area contributed by atoms with Gasteiger partial charge in [-0.3, -0.25) is 20.0 Å². The summed E-state index contributed by atoms with van der Waals surface area (Å²) in [6.07, 6.45) is -11.4. The number of nitrogens with zero attached hydrogens (tertiary/aromatic N) is 2. The number of carboxylic acids is 1. The van der Waals surface area contributed by atoms with E-state index < -0.39 is 95.7 Å². The first-order chi connectivity index (χ1) is 29.6. The van der Waals surface area contributed by atoms with Crippen molar-refractivity contribution in [3.05, 3.63) is 90.1 Å². The number of alkyl carbamates (subject to hydrolysis) is 2. The second kappa shape index (κ2) is 22.1. The van der Waals surface area contributed by atoms with Gasteiger partial charge >= 0.3 is 18.2 Å². The number of carbonyl (C=O) groups is 5. The third kappa shape index (κ3) is 14.2. The van der Waals surface area contributed by atoms with Gasteiger partial charge in [0.15, 0.2) is 12.4 Å². The maximum atomic E-state index is 14.4. The molecule has 9 atom stereocenters. The van der Waals surface area contributed by atoms with Crippen LogP contribution in [0.3, 0.4) is 0 Å². The summed E-state index contributed by atoms with van der Waals surface area (Å²) in [5, 5.41) is 52.0. The summed E-state index contributed by atoms with van der Waals surface area (Å²) in [4.78, 5) is 70.2. The van der Waals surface area contributed by atoms with Crippen molar-refractivity contribution in [2.45, 2.75) is 109 Å². The highest BCUT2D eigenvalue weighted by Crippen LogP contribution is 2.27. The van der Waals surface area contributed by atoms with E-state index in [4.69, 9.17) is 18.9 Å². The van der Waals surface area contributed by atoms with Crippen LogP contribution in [0.1, 0.15) is 52.7 Å². The number of carboxylic acid groups (broad SMARTS) is 1. The quantitative estimate of drug-likeness (QED) is 0.0903. The number of methoxy groups -OCH3 is 2. The number of amides is 4. The number of carbonyl (C=O) groups excluding carboxylic acids is 4. The van der Waals surface area contributed by atoms with Gasteiger partial charge < -0.3 is 55.3 Å². The Labute approximate surface area is 366 Å². The molecule has 1 unspecified atom stereocenters. The molecule has 63 heavy (non-hydrogen) atoms. The number of hydrazine groups is 1. The number of benzene rings is 2. The lowest BCUT2D eigenvalue weighted by Crippen LogP contribution is -2.64. The van der Waals surface area contributed by atoms with Gasteiger partial charge in [0.1, 0.15) is 30.4 Å². The Balaban J connectivity index is 1.86. The van der Waals surface area contributed by atoms with Crippen LogP contribution in [-0.2, 0) is 46.3 Å². The number of rotatable bonds is 17. The van der Waals surface area contributed by atoms with Crippen molar-refractivity contribution in [2.24, 2.45) is 10.8 Å². The monoisotopic (exact) mass is 880 g/mol. The number of aromatic nitrogens is 1. The van der Waals surface area contributed by atoms with Gasteiger partial charge in [-0.15, -0.1) is 0 Å². The molecule has 1 aliphatic heterocycles. The van der Waals surface area contributed by atoms with Crippen LogP contribution in [0.5, 0.6) is 0 Å². The van der Waals surface area contributed by atoms with Crippen LogP contribution < -0.4 is 21.4 Å². The van der Waals surface area contributed by atoms with Crippen LogP contribution in [0.4, 0.5) is 9.59 Å². The normalized spacial score (nSPS) is 20.9. The first-order valence-corrected chi connectivity index (χ1v) is 20.3. The van der Waals surface area contributed by atoms with E-state index in [2.05, 4.69) is 26.4 Å². The molecular weight excluding hydrogens is 821 g/mol. The molecule has 2 heterocycles. The zero-order valence-electron chi connectivity index (χ0n) is 36.7. The second-order valence-electron chi connectivity index (χ2n) is 17.4. The summed E-state index contributed by atoms with van der Waals surface area (Å²) in [6.45, 7) is 10.0. The van der Waals surface area contributed by atoms with Crippen LogP contribution in [0.25, 0.3) is 11.3 Å². The Bertz CT molecular complexity index is 1980. The highest BCUT2D eigenvalue weighted by molar-refractivity contribution is 5.87. The zero-order valence-corrected chi connectivity index (χ0v) is 36.7. The molecule has 1 fully saturated rings. The lowest BCUT2D eigenvalue weighted by molar-refractivity contribution is -0.307. The van der Waals surface area contributed by atoms with Crippen molar-refractivity contribution in [3.63, 3.8) is 0 Å². The van der Waals surface area contributed by atoms with Gasteiger partial charge in [-0.2, -0.15) is 0 Å². The van der Waals surface area contributed by atoms with E-state index in [1.54, 1.807) is 84.1 Å². The minimum atomic E-state index is -2.03. The molecule has 2 aromatic carbocycles. The van der Waals surface area contributed by atoms with Crippen molar-refractivity contribution in [2.75, 3.05) is 20.8 Å². The topological polar surface area (TPSA) is 267 Å². The summed E-state index contributed by atoms with van der Waals surface area (Å²) in [5.74, 6) is -3.00. The Morgan fingerprint density at radius 2 is 1.30 bits per heavy atom. The van der Waals surface area contributed by atoms with Crippen molar-refractivity contribution in [1.29, 1.82) is 0 Å². The lowest BCUT2D eigenvalue weighted by Gasteiger charge is -2.42. The summed E-state index contributed by atoms with van der Waals surface area (Å²) in [7, 11) is 2.31. The molecule has 3 aromatic rings. The van der Waals surface area contributed by atoms with E-state index in [-0.39, 0.29) is 19.5 Å². The summed E-state index contributed by atoms with van der Waals surface area (Å²) in [6, 6.07) is 18.2. The first kappa shape index (κ1) is 50.0. The molecule has 0 radical (unpaired) electrons. The summed E-state index contributed by atoms with van der Waals surface area (Å²) < 4.78 is 21.6. The fourth-order valence-electron chi connectivity index (χ4n) is 6.84. The van der Waals surface area contributed by atoms with Gasteiger partial charge in [-0.1, -0.05) is 102 Å². The van der Waals surface area contributed by atoms with Crippen molar-refractivity contribution < 1.29 is 63.3 Å². The molecule has 0 bridgehead atoms. The second-order valence-corrected chi connectivity index (χ2v) is 17.4. The average molecular weight is 881 g/mol. The molecule has 0 saturated carbocycles. The standard InChI is InChI=1S/C44H60N6O13/c1-43(2,3)35(47-41(58)60-7)37(54)46-29(22-25-14-10-9-11-15-25)30(62-40-33(53)31(51)32(52)34(63-40)39(56)57)24-50(49-38(55)36(44(4,5)6)48-42(59)61-8)23-26-17-19-27(20-18-26)28-16-12-13-21-45-28/h9-21,29-36,40,51-53H,22-24H2,1-8H3,(H,46,54)(H,47,58)(H,48,59)(H,49,55)(H,56,57)/t29-,30?,31-,32-,33+,34-,35+,36+,40+/m0/s1. The smallest absolute Gasteiger partial charge is 0.407 e. The third-order valence-corrected chi connectivity index (χ3v) is 10.3. The number of aliphatic hydroxyl groups is 3. The minimum absolute atomic E-state index is 0.0256. The van der Waals surface area contributed by atoms with Crippen LogP contribution >= 0.6 is 0 Å². The zero-order chi connectivity index (χ0) is 46.6. The van der Waals surface area contributed by atoms with E-state index in [1.165, 1.54) is 5.01 Å². The maximum absolute atomic E-state index is 14.4. The average Bonchev–Trinajstić information content (AvgIpc) is 3.23. The maximum Gasteiger partial charge on any atom is 0.407 e. The molecule has 1 aromatic heterocycles. The number of hydrogen-bond acceptors (Lipinski definition) is 14.